The molecular formula is C24H29F3N6O4. The van der Waals surface area contributed by atoms with Crippen LogP contribution in [0.1, 0.15) is 49.5 Å². The van der Waals surface area contributed by atoms with Crippen molar-refractivity contribution < 1.29 is 32.9 Å². The maximum Gasteiger partial charge on any atom is 0.275 e. The second-order valence-electron chi connectivity index (χ2n) is 10.1. The van der Waals surface area contributed by atoms with E-state index in [1.54, 1.807) is 6.92 Å². The van der Waals surface area contributed by atoms with Gasteiger partial charge in [-0.2, -0.15) is 5.10 Å². The number of H-pyrrole nitrogens is 1. The summed E-state index contributed by atoms with van der Waals surface area (Å²) in [5.74, 6) is -2.22. The molecule has 2 aromatic rings. The lowest BCUT2D eigenvalue weighted by molar-refractivity contribution is -0.0161. The highest BCUT2D eigenvalue weighted by molar-refractivity contribution is 6.08. The molecule has 1 saturated carbocycles. The van der Waals surface area contributed by atoms with E-state index in [1.165, 1.54) is 18.3 Å². The molecule has 0 spiro atoms. The Hall–Kier alpha value is -3.19. The minimum atomic E-state index is -1.42. The summed E-state index contributed by atoms with van der Waals surface area (Å²) in [5.41, 5.74) is -1.21. The van der Waals surface area contributed by atoms with Gasteiger partial charge in [-0.3, -0.25) is 9.89 Å². The molecule has 1 saturated heterocycles. The van der Waals surface area contributed by atoms with Gasteiger partial charge >= 0.3 is 0 Å². The molecule has 3 heterocycles. The summed E-state index contributed by atoms with van der Waals surface area (Å²) in [5, 5.41) is 30.6. The maximum atomic E-state index is 14.8. The Morgan fingerprint density at radius 3 is 2.84 bits per heavy atom. The van der Waals surface area contributed by atoms with E-state index in [0.29, 0.717) is 19.3 Å². The first-order valence-corrected chi connectivity index (χ1v) is 12.2. The van der Waals surface area contributed by atoms with Crippen LogP contribution in [0.15, 0.2) is 29.8 Å². The molecule has 1 unspecified atom stereocenters. The van der Waals surface area contributed by atoms with E-state index in [-0.39, 0.29) is 47.7 Å². The van der Waals surface area contributed by atoms with Gasteiger partial charge in [0.1, 0.15) is 29.9 Å². The van der Waals surface area contributed by atoms with Gasteiger partial charge in [-0.15, -0.1) is 0 Å². The van der Waals surface area contributed by atoms with Crippen molar-refractivity contribution in [2.24, 2.45) is 5.41 Å². The van der Waals surface area contributed by atoms with Gasteiger partial charge in [0.25, 0.3) is 5.91 Å². The lowest BCUT2D eigenvalue weighted by Gasteiger charge is -2.41. The summed E-state index contributed by atoms with van der Waals surface area (Å²) in [6.45, 7) is 1.26. The zero-order valence-corrected chi connectivity index (χ0v) is 20.4. The predicted molar refractivity (Wildman–Crippen MR) is 126 cm³/mol. The quantitative estimate of drug-likeness (QED) is 0.471. The minimum absolute atomic E-state index is 0.0955. The molecule has 6 atom stereocenters. The molecule has 13 heteroatoms. The van der Waals surface area contributed by atoms with Gasteiger partial charge in [0.05, 0.1) is 42.7 Å². The number of aromatic amines is 1. The molecule has 4 N–H and O–H groups in total. The highest BCUT2D eigenvalue weighted by Crippen LogP contribution is 2.49. The highest BCUT2D eigenvalue weighted by Gasteiger charge is 2.52. The average molecular weight is 523 g/mol. The van der Waals surface area contributed by atoms with Crippen molar-refractivity contribution in [3.05, 3.63) is 35.5 Å². The number of hydrogen-bond acceptors (Lipinski definition) is 8. The van der Waals surface area contributed by atoms with Crippen molar-refractivity contribution >= 4 is 22.8 Å². The van der Waals surface area contributed by atoms with E-state index < -0.39 is 53.4 Å². The Bertz CT molecular complexity index is 1270. The number of ether oxygens (including phenoxy) is 1. The number of methoxy groups -OCH3 is 1. The fourth-order valence-electron chi connectivity index (χ4n) is 5.92. The Balaban J connectivity index is 1.51. The van der Waals surface area contributed by atoms with Crippen LogP contribution in [0.5, 0.6) is 0 Å². The number of carbonyl (C=O) groups excluding carboxylic acids is 1. The molecule has 10 nitrogen and oxygen atoms in total. The molecule has 37 heavy (non-hydrogen) atoms. The molecule has 0 aromatic carbocycles. The van der Waals surface area contributed by atoms with Crippen molar-refractivity contribution in [3.63, 3.8) is 0 Å². The molecule has 2 fully saturated rings. The van der Waals surface area contributed by atoms with Crippen molar-refractivity contribution in [2.75, 3.05) is 19.0 Å². The van der Waals surface area contributed by atoms with E-state index in [2.05, 4.69) is 25.5 Å². The third kappa shape index (κ3) is 4.33. The van der Waals surface area contributed by atoms with Crippen LogP contribution in [-0.2, 0) is 4.74 Å². The number of alkyl halides is 1. The number of rotatable bonds is 5. The zero-order chi connectivity index (χ0) is 26.5. The number of hydrogen-bond donors (Lipinski definition) is 4. The lowest BCUT2D eigenvalue weighted by Crippen LogP contribution is -2.48. The number of aliphatic hydroxyl groups excluding tert-OH is 2. The zero-order valence-electron chi connectivity index (χ0n) is 20.4. The smallest absolute Gasteiger partial charge is 0.275 e. The van der Waals surface area contributed by atoms with Gasteiger partial charge in [0.2, 0.25) is 0 Å². The van der Waals surface area contributed by atoms with Crippen LogP contribution in [0.25, 0.3) is 11.0 Å². The van der Waals surface area contributed by atoms with Gasteiger partial charge in [-0.1, -0.05) is 0 Å². The average Bonchev–Trinajstić information content (AvgIpc) is 3.46. The first-order chi connectivity index (χ1) is 17.6. The number of aromatic nitrogens is 4. The standard InChI is InChI=1S/C24H29F3N6O4/c1-24(8-11(25)6-13(27)20(24)37-2)16-7-12(26)9-33(16)23(36)18-17-21(28-10-29-22(17)32-31-18)30-14-4-3-5-15(34)19(14)35/h6,10,12,14-16,19,34-35H,3-5,7-9H2,1-2H3,(H2,28,29,30,31,32)/t12-,14+,15+,16+,19-,24?/m0/s1. The molecular weight excluding hydrogens is 493 g/mol. The molecule has 200 valence electrons. The SMILES string of the molecule is COC1=C(F)C=C(F)CC1(C)[C@H]1C[C@H](F)CN1C(=O)c1n[nH]c2ncnc(N[C@@H]3CCC[C@@H](O)[C@H]3O)c12. The van der Waals surface area contributed by atoms with Crippen LogP contribution in [0.3, 0.4) is 0 Å². The number of allylic oxidation sites excluding steroid dienone is 3. The Morgan fingerprint density at radius 2 is 2.08 bits per heavy atom. The summed E-state index contributed by atoms with van der Waals surface area (Å²) in [6.07, 6.45) is -0.0198. The number of aliphatic hydroxyl groups is 2. The molecule has 0 radical (unpaired) electrons. The second kappa shape index (κ2) is 9.60. The maximum absolute atomic E-state index is 14.8. The van der Waals surface area contributed by atoms with Crippen molar-refractivity contribution in [1.82, 2.24) is 25.1 Å². The summed E-state index contributed by atoms with van der Waals surface area (Å²) >= 11 is 0. The molecule has 1 amide bonds. The molecule has 1 aliphatic heterocycles. The van der Waals surface area contributed by atoms with Crippen LogP contribution in [0, 0.1) is 5.41 Å². The van der Waals surface area contributed by atoms with Crippen molar-refractivity contribution in [1.29, 1.82) is 0 Å². The Morgan fingerprint density at radius 1 is 1.30 bits per heavy atom. The van der Waals surface area contributed by atoms with Gasteiger partial charge < -0.3 is 25.2 Å². The van der Waals surface area contributed by atoms with E-state index in [1.807, 2.05) is 0 Å². The number of fused-ring (bicyclic) bond motifs is 1. The van der Waals surface area contributed by atoms with Gasteiger partial charge in [0, 0.05) is 25.0 Å². The van der Waals surface area contributed by atoms with Crippen LogP contribution in [0.4, 0.5) is 19.0 Å². The molecule has 5 rings (SSSR count). The number of likely N-dealkylation sites (tertiary alicyclic amines) is 1. The lowest BCUT2D eigenvalue weighted by atomic mass is 9.73. The van der Waals surface area contributed by atoms with E-state index in [4.69, 9.17) is 4.74 Å². The molecule has 2 aromatic heterocycles. The number of carbonyl (C=O) groups is 1. The fraction of sp³-hybridized carbons (Fsp3) is 0.583. The minimum Gasteiger partial charge on any atom is -0.497 e. The number of nitrogens with zero attached hydrogens (tertiary/aromatic N) is 4. The third-order valence-corrected chi connectivity index (χ3v) is 7.71. The topological polar surface area (TPSA) is 136 Å². The van der Waals surface area contributed by atoms with Crippen molar-refractivity contribution in [3.8, 4) is 0 Å². The second-order valence-corrected chi connectivity index (χ2v) is 10.1. The first-order valence-electron chi connectivity index (χ1n) is 12.2. The van der Waals surface area contributed by atoms with Crippen molar-refractivity contribution in [2.45, 2.75) is 69.5 Å². The number of anilines is 1. The van der Waals surface area contributed by atoms with Crippen LogP contribution < -0.4 is 5.32 Å². The van der Waals surface area contributed by atoms with Gasteiger partial charge in [-0.25, -0.2) is 23.1 Å². The largest absolute Gasteiger partial charge is 0.497 e. The highest BCUT2D eigenvalue weighted by atomic mass is 19.1. The Labute approximate surface area is 210 Å². The summed E-state index contributed by atoms with van der Waals surface area (Å²) in [6, 6.07) is -1.44. The first kappa shape index (κ1) is 25.5. The molecule has 3 aliphatic rings. The van der Waals surface area contributed by atoms with Gasteiger partial charge in [-0.05, 0) is 26.2 Å². The summed E-state index contributed by atoms with van der Waals surface area (Å²) in [4.78, 5) is 23.4. The monoisotopic (exact) mass is 522 g/mol. The van der Waals surface area contributed by atoms with E-state index in [9.17, 15) is 28.2 Å². The number of nitrogens with one attached hydrogen (secondary N) is 2. The Kier molecular flexibility index (Phi) is 6.61. The van der Waals surface area contributed by atoms with Crippen LogP contribution in [0.2, 0.25) is 0 Å². The van der Waals surface area contributed by atoms with Crippen LogP contribution in [-0.4, -0.2) is 85.3 Å². The van der Waals surface area contributed by atoms with Crippen LogP contribution >= 0.6 is 0 Å². The number of amides is 1. The molecule has 2 aliphatic carbocycles. The fourth-order valence-corrected chi connectivity index (χ4v) is 5.92. The van der Waals surface area contributed by atoms with E-state index in [0.717, 1.165) is 6.08 Å². The van der Waals surface area contributed by atoms with E-state index >= 15 is 0 Å². The normalized spacial score (nSPS) is 32.6. The summed E-state index contributed by atoms with van der Waals surface area (Å²) in [7, 11) is 1.26. The summed E-state index contributed by atoms with van der Waals surface area (Å²) < 4.78 is 49.1. The predicted octanol–water partition coefficient (Wildman–Crippen LogP) is 2.68. The molecule has 0 bridgehead atoms. The number of halogens is 3. The third-order valence-electron chi connectivity index (χ3n) is 7.71. The van der Waals surface area contributed by atoms with Gasteiger partial charge in [0.15, 0.2) is 17.2 Å².